The number of hydrogen-bond acceptors (Lipinski definition) is 6. The molecule has 0 saturated heterocycles. The van der Waals surface area contributed by atoms with Crippen molar-refractivity contribution >= 4 is 17.1 Å². The van der Waals surface area contributed by atoms with Crippen LogP contribution in [0.3, 0.4) is 0 Å². The van der Waals surface area contributed by atoms with E-state index in [2.05, 4.69) is 15.4 Å². The lowest BCUT2D eigenvalue weighted by Crippen LogP contribution is -2.00. The molecule has 4 aromatic rings. The molecule has 0 aliphatic heterocycles. The van der Waals surface area contributed by atoms with E-state index in [-0.39, 0.29) is 0 Å². The van der Waals surface area contributed by atoms with Gasteiger partial charge in [-0.1, -0.05) is 36.4 Å². The Kier molecular flexibility index (Phi) is 4.14. The Balaban J connectivity index is 1.99. The summed E-state index contributed by atoms with van der Waals surface area (Å²) in [6.45, 7) is 0. The third kappa shape index (κ3) is 3.28. The van der Waals surface area contributed by atoms with E-state index < -0.39 is 0 Å². The SMILES string of the molecule is Nc1ccc(-c2nnnc(-c3ccc(N)cc3)c2-c2ccc(N)cc2)cc1. The molecule has 6 N–H and O–H groups in total. The topological polar surface area (TPSA) is 117 Å². The highest BCUT2D eigenvalue weighted by Crippen LogP contribution is 2.37. The lowest BCUT2D eigenvalue weighted by Gasteiger charge is -2.13. The average molecular weight is 354 g/mol. The first-order chi connectivity index (χ1) is 13.1. The molecule has 0 saturated carbocycles. The van der Waals surface area contributed by atoms with Crippen LogP contribution in [0.5, 0.6) is 0 Å². The number of rotatable bonds is 3. The van der Waals surface area contributed by atoms with Crippen LogP contribution in [0.4, 0.5) is 17.1 Å². The highest BCUT2D eigenvalue weighted by molar-refractivity contribution is 5.91. The molecule has 0 aliphatic carbocycles. The van der Waals surface area contributed by atoms with Crippen LogP contribution in [0.2, 0.25) is 0 Å². The van der Waals surface area contributed by atoms with Gasteiger partial charge in [0.25, 0.3) is 0 Å². The molecule has 1 heterocycles. The largest absolute Gasteiger partial charge is 0.399 e. The Bertz CT molecular complexity index is 1010. The van der Waals surface area contributed by atoms with Crippen molar-refractivity contribution < 1.29 is 0 Å². The van der Waals surface area contributed by atoms with Gasteiger partial charge >= 0.3 is 0 Å². The quantitative estimate of drug-likeness (QED) is 0.484. The van der Waals surface area contributed by atoms with E-state index in [0.717, 1.165) is 33.6 Å². The van der Waals surface area contributed by atoms with Gasteiger partial charge in [0.15, 0.2) is 0 Å². The predicted molar refractivity (Wildman–Crippen MR) is 109 cm³/mol. The smallest absolute Gasteiger partial charge is 0.105 e. The average Bonchev–Trinajstić information content (AvgIpc) is 2.69. The van der Waals surface area contributed by atoms with Crippen LogP contribution in [0, 0.1) is 0 Å². The molecule has 27 heavy (non-hydrogen) atoms. The fourth-order valence-electron chi connectivity index (χ4n) is 2.93. The number of anilines is 3. The van der Waals surface area contributed by atoms with E-state index in [0.29, 0.717) is 17.1 Å². The maximum atomic E-state index is 5.87. The van der Waals surface area contributed by atoms with Crippen LogP contribution >= 0.6 is 0 Å². The van der Waals surface area contributed by atoms with Crippen LogP contribution in [0.25, 0.3) is 33.6 Å². The molecule has 132 valence electrons. The first kappa shape index (κ1) is 16.5. The molecule has 0 unspecified atom stereocenters. The van der Waals surface area contributed by atoms with E-state index in [4.69, 9.17) is 17.2 Å². The zero-order valence-corrected chi connectivity index (χ0v) is 14.5. The molecule has 0 fully saturated rings. The highest BCUT2D eigenvalue weighted by Gasteiger charge is 2.17. The molecule has 0 aliphatic rings. The van der Waals surface area contributed by atoms with Crippen LogP contribution in [-0.2, 0) is 0 Å². The van der Waals surface area contributed by atoms with Crippen molar-refractivity contribution in [1.82, 2.24) is 15.4 Å². The van der Waals surface area contributed by atoms with E-state index in [1.165, 1.54) is 0 Å². The second kappa shape index (κ2) is 6.76. The summed E-state index contributed by atoms with van der Waals surface area (Å²) in [6.07, 6.45) is 0. The van der Waals surface area contributed by atoms with E-state index in [1.54, 1.807) is 0 Å². The van der Waals surface area contributed by atoms with E-state index in [9.17, 15) is 0 Å². The lowest BCUT2D eigenvalue weighted by molar-refractivity contribution is 0.879. The van der Waals surface area contributed by atoms with E-state index in [1.807, 2.05) is 72.8 Å². The summed E-state index contributed by atoms with van der Waals surface area (Å²) < 4.78 is 0. The summed E-state index contributed by atoms with van der Waals surface area (Å²) >= 11 is 0. The highest BCUT2D eigenvalue weighted by atomic mass is 15.3. The van der Waals surface area contributed by atoms with Crippen molar-refractivity contribution in [3.8, 4) is 33.6 Å². The second-order valence-electron chi connectivity index (χ2n) is 6.23. The molecule has 0 amide bonds. The molecular weight excluding hydrogens is 336 g/mol. The van der Waals surface area contributed by atoms with Crippen LogP contribution in [0.15, 0.2) is 72.8 Å². The molecule has 0 spiro atoms. The normalized spacial score (nSPS) is 10.7. The standard InChI is InChI=1S/C21H18N6/c22-16-7-1-13(2-8-16)19-20(14-3-9-17(23)10-4-14)25-27-26-21(19)15-5-11-18(24)12-6-15/h1-12H,22-24H2. The van der Waals surface area contributed by atoms with Crippen LogP contribution in [-0.4, -0.2) is 15.4 Å². The van der Waals surface area contributed by atoms with Gasteiger partial charge in [-0.15, -0.1) is 10.2 Å². The monoisotopic (exact) mass is 354 g/mol. The number of nitrogens with two attached hydrogens (primary N) is 3. The summed E-state index contributed by atoms with van der Waals surface area (Å²) in [4.78, 5) is 0. The van der Waals surface area contributed by atoms with Crippen LogP contribution < -0.4 is 17.2 Å². The van der Waals surface area contributed by atoms with Gasteiger partial charge in [0.2, 0.25) is 0 Å². The lowest BCUT2D eigenvalue weighted by atomic mass is 9.94. The van der Waals surface area contributed by atoms with Crippen molar-refractivity contribution in [2.24, 2.45) is 0 Å². The minimum absolute atomic E-state index is 0.688. The number of nitrogen functional groups attached to an aromatic ring is 3. The first-order valence-corrected chi connectivity index (χ1v) is 8.43. The molecule has 3 aromatic carbocycles. The number of hydrogen-bond donors (Lipinski definition) is 3. The Morgan fingerprint density at radius 1 is 0.444 bits per heavy atom. The van der Waals surface area contributed by atoms with Crippen molar-refractivity contribution in [2.45, 2.75) is 0 Å². The minimum Gasteiger partial charge on any atom is -0.399 e. The predicted octanol–water partition coefficient (Wildman–Crippen LogP) is 3.62. The van der Waals surface area contributed by atoms with Gasteiger partial charge < -0.3 is 17.2 Å². The maximum absolute atomic E-state index is 5.87. The molecule has 0 bridgehead atoms. The first-order valence-electron chi connectivity index (χ1n) is 8.43. The minimum atomic E-state index is 0.688. The second-order valence-corrected chi connectivity index (χ2v) is 6.23. The third-order valence-corrected chi connectivity index (χ3v) is 4.33. The summed E-state index contributed by atoms with van der Waals surface area (Å²) in [5.74, 6) is 0. The third-order valence-electron chi connectivity index (χ3n) is 4.33. The fourth-order valence-corrected chi connectivity index (χ4v) is 2.93. The zero-order chi connectivity index (χ0) is 18.8. The van der Waals surface area contributed by atoms with Gasteiger partial charge in [0.05, 0.1) is 0 Å². The summed E-state index contributed by atoms with van der Waals surface area (Å²) in [6, 6.07) is 22.7. The van der Waals surface area contributed by atoms with Gasteiger partial charge in [-0.3, -0.25) is 0 Å². The maximum Gasteiger partial charge on any atom is 0.105 e. The molecule has 6 nitrogen and oxygen atoms in total. The number of nitrogens with zero attached hydrogens (tertiary/aromatic N) is 3. The van der Waals surface area contributed by atoms with Crippen molar-refractivity contribution in [1.29, 1.82) is 0 Å². The number of aromatic nitrogens is 3. The Morgan fingerprint density at radius 2 is 0.778 bits per heavy atom. The molecule has 0 atom stereocenters. The summed E-state index contributed by atoms with van der Waals surface area (Å²) in [5.41, 5.74) is 24.7. The summed E-state index contributed by atoms with van der Waals surface area (Å²) in [5, 5.41) is 12.6. The van der Waals surface area contributed by atoms with E-state index >= 15 is 0 Å². The van der Waals surface area contributed by atoms with Crippen molar-refractivity contribution in [3.63, 3.8) is 0 Å². The van der Waals surface area contributed by atoms with Gasteiger partial charge in [0, 0.05) is 33.8 Å². The van der Waals surface area contributed by atoms with Crippen molar-refractivity contribution in [2.75, 3.05) is 17.2 Å². The van der Waals surface area contributed by atoms with Gasteiger partial charge in [-0.2, -0.15) is 0 Å². The molecule has 0 radical (unpaired) electrons. The van der Waals surface area contributed by atoms with Gasteiger partial charge in [-0.25, -0.2) is 0 Å². The molecule has 1 aromatic heterocycles. The molecular formula is C21H18N6. The molecule has 6 heteroatoms. The van der Waals surface area contributed by atoms with Gasteiger partial charge in [0.1, 0.15) is 11.4 Å². The Hall–Kier alpha value is -3.93. The fraction of sp³-hybridized carbons (Fsp3) is 0. The number of benzene rings is 3. The zero-order valence-electron chi connectivity index (χ0n) is 14.5. The Labute approximate surface area is 156 Å². The van der Waals surface area contributed by atoms with Crippen molar-refractivity contribution in [3.05, 3.63) is 72.8 Å². The van der Waals surface area contributed by atoms with Gasteiger partial charge in [-0.05, 0) is 47.2 Å². The molecule has 4 rings (SSSR count). The summed E-state index contributed by atoms with van der Waals surface area (Å²) in [7, 11) is 0. The van der Waals surface area contributed by atoms with Crippen LogP contribution in [0.1, 0.15) is 0 Å². The Morgan fingerprint density at radius 3 is 1.15 bits per heavy atom.